The second-order valence-electron chi connectivity index (χ2n) is 11.0. The Balaban J connectivity index is 1.11. The Bertz CT molecular complexity index is 1500. The number of sulfonamides is 2. The Labute approximate surface area is 247 Å². The predicted octanol–water partition coefficient (Wildman–Crippen LogP) is 0.468. The van der Waals surface area contributed by atoms with E-state index in [1.54, 1.807) is 19.1 Å². The summed E-state index contributed by atoms with van der Waals surface area (Å²) in [5.41, 5.74) is 0.940. The maximum Gasteiger partial charge on any atom is 0.244 e. The highest BCUT2D eigenvalue weighted by molar-refractivity contribution is 7.89. The van der Waals surface area contributed by atoms with Gasteiger partial charge in [0.05, 0.1) is 29.8 Å². The number of benzene rings is 1. The molecule has 3 aliphatic rings. The van der Waals surface area contributed by atoms with Crippen LogP contribution >= 0.6 is 0 Å². The first-order valence-corrected chi connectivity index (χ1v) is 16.9. The molecular weight excluding hydrogens is 586 g/mol. The zero-order valence-corrected chi connectivity index (χ0v) is 25.7. The molecule has 3 aliphatic heterocycles. The summed E-state index contributed by atoms with van der Waals surface area (Å²) in [4.78, 5) is 6.56. The number of aromatic nitrogens is 1. The molecule has 0 saturated carbocycles. The maximum atomic E-state index is 13.6. The van der Waals surface area contributed by atoms with E-state index in [1.165, 1.54) is 29.7 Å². The summed E-state index contributed by atoms with van der Waals surface area (Å²) in [6, 6.07) is 6.09. The summed E-state index contributed by atoms with van der Waals surface area (Å²) < 4.78 is 72.4. The van der Waals surface area contributed by atoms with Gasteiger partial charge < -0.3 is 29.5 Å². The van der Waals surface area contributed by atoms with Crippen LogP contribution < -0.4 is 24.4 Å². The molecule has 15 heteroatoms. The van der Waals surface area contributed by atoms with E-state index in [2.05, 4.69) is 15.0 Å². The van der Waals surface area contributed by atoms with E-state index in [9.17, 15) is 21.9 Å². The van der Waals surface area contributed by atoms with Crippen molar-refractivity contribution in [1.29, 1.82) is 0 Å². The molecule has 2 unspecified atom stereocenters. The average molecular weight is 626 g/mol. The van der Waals surface area contributed by atoms with Gasteiger partial charge in [-0.15, -0.1) is 0 Å². The number of nitrogens with one attached hydrogen (secondary N) is 2. The zero-order valence-electron chi connectivity index (χ0n) is 24.1. The third-order valence-electron chi connectivity index (χ3n) is 8.20. The molecule has 4 heterocycles. The summed E-state index contributed by atoms with van der Waals surface area (Å²) in [6.45, 7) is 4.38. The largest absolute Gasteiger partial charge is 0.491 e. The third-order valence-corrected chi connectivity index (χ3v) is 11.6. The van der Waals surface area contributed by atoms with Crippen LogP contribution in [0.5, 0.6) is 11.6 Å². The summed E-state index contributed by atoms with van der Waals surface area (Å²) in [6.07, 6.45) is 2.43. The van der Waals surface area contributed by atoms with E-state index >= 15 is 0 Å². The van der Waals surface area contributed by atoms with E-state index in [1.807, 2.05) is 11.9 Å². The molecule has 3 N–H and O–H groups in total. The van der Waals surface area contributed by atoms with Crippen molar-refractivity contribution in [3.63, 3.8) is 0 Å². The van der Waals surface area contributed by atoms with E-state index in [0.29, 0.717) is 75.0 Å². The quantitative estimate of drug-likeness (QED) is 0.337. The SMILES string of the molecule is CNS(=O)(=O)c1cccc(OCC(O)CNC2COC3(CCN(S(=O)(=O)c4cnc5c(c4C)N(C)CCO5)CC3)C2)c1. The fourth-order valence-electron chi connectivity index (χ4n) is 5.76. The lowest BCUT2D eigenvalue weighted by Crippen LogP contribution is -2.47. The number of rotatable bonds is 10. The molecule has 2 saturated heterocycles. The number of fused-ring (bicyclic) bond motifs is 1. The van der Waals surface area contributed by atoms with Crippen molar-refractivity contribution in [3.8, 4) is 11.6 Å². The molecule has 2 aromatic rings. The number of nitrogens with zero attached hydrogens (tertiary/aromatic N) is 3. The van der Waals surface area contributed by atoms with Crippen molar-refractivity contribution in [2.24, 2.45) is 0 Å². The number of anilines is 1. The Morgan fingerprint density at radius 2 is 1.98 bits per heavy atom. The van der Waals surface area contributed by atoms with Gasteiger partial charge in [-0.25, -0.2) is 26.5 Å². The van der Waals surface area contributed by atoms with Crippen molar-refractivity contribution >= 4 is 25.7 Å². The van der Waals surface area contributed by atoms with Gasteiger partial charge in [0.1, 0.15) is 35.7 Å². The van der Waals surface area contributed by atoms with Crippen molar-refractivity contribution in [1.82, 2.24) is 19.3 Å². The number of hydrogen-bond acceptors (Lipinski definition) is 11. The molecule has 1 aromatic heterocycles. The molecule has 2 fully saturated rings. The summed E-state index contributed by atoms with van der Waals surface area (Å²) >= 11 is 0. The topological polar surface area (TPSA) is 160 Å². The van der Waals surface area contributed by atoms with Gasteiger partial charge in [0.15, 0.2) is 0 Å². The molecule has 0 bridgehead atoms. The lowest BCUT2D eigenvalue weighted by molar-refractivity contribution is -0.0312. The second-order valence-corrected chi connectivity index (χ2v) is 14.8. The number of likely N-dealkylation sites (N-methyl/N-ethyl adjacent to an activating group) is 1. The third kappa shape index (κ3) is 6.37. The second kappa shape index (κ2) is 12.2. The molecule has 5 rings (SSSR count). The van der Waals surface area contributed by atoms with Crippen molar-refractivity contribution in [2.45, 2.75) is 53.7 Å². The minimum atomic E-state index is -3.74. The molecule has 1 aromatic carbocycles. The van der Waals surface area contributed by atoms with Gasteiger partial charge in [-0.3, -0.25) is 0 Å². The van der Waals surface area contributed by atoms with Crippen LogP contribution in [0.2, 0.25) is 0 Å². The normalized spacial score (nSPS) is 21.6. The van der Waals surface area contributed by atoms with Crippen LogP contribution in [0.3, 0.4) is 0 Å². The van der Waals surface area contributed by atoms with Gasteiger partial charge in [0, 0.05) is 38.8 Å². The van der Waals surface area contributed by atoms with E-state index in [-0.39, 0.29) is 29.0 Å². The first-order valence-electron chi connectivity index (χ1n) is 14.0. The van der Waals surface area contributed by atoms with Crippen molar-refractivity contribution in [2.75, 3.05) is 65.0 Å². The lowest BCUT2D eigenvalue weighted by Gasteiger charge is -2.38. The molecule has 42 heavy (non-hydrogen) atoms. The van der Waals surface area contributed by atoms with E-state index in [4.69, 9.17) is 14.2 Å². The standard InChI is InChI=1S/C27H39N5O8S2/c1-19-24(16-30-26-25(19)31(3)11-12-38-26)42(36,37)32-9-7-27(8-10-32)14-20(17-40-27)29-15-21(33)18-39-22-5-4-6-23(13-22)41(34,35)28-2/h4-6,13,16,20-21,28-29,33H,7-12,14-15,17-18H2,1-3H3. The van der Waals surface area contributed by atoms with Crippen LogP contribution in [0.1, 0.15) is 24.8 Å². The molecule has 1 spiro atoms. The summed E-state index contributed by atoms with van der Waals surface area (Å²) in [5, 5.41) is 13.8. The van der Waals surface area contributed by atoms with Crippen LogP contribution in [0.15, 0.2) is 40.3 Å². The smallest absolute Gasteiger partial charge is 0.244 e. The van der Waals surface area contributed by atoms with Crippen molar-refractivity contribution in [3.05, 3.63) is 36.0 Å². The lowest BCUT2D eigenvalue weighted by atomic mass is 9.88. The van der Waals surface area contributed by atoms with Crippen LogP contribution in [-0.2, 0) is 24.8 Å². The molecule has 0 amide bonds. The van der Waals surface area contributed by atoms with Gasteiger partial charge in [-0.1, -0.05) is 6.07 Å². The number of pyridine rings is 1. The Hall–Kier alpha value is -2.53. The molecular formula is C27H39N5O8S2. The predicted molar refractivity (Wildman–Crippen MR) is 155 cm³/mol. The first kappa shape index (κ1) is 30.9. The summed E-state index contributed by atoms with van der Waals surface area (Å²) in [7, 11) is -4.09. The molecule has 13 nitrogen and oxygen atoms in total. The fraction of sp³-hybridized carbons (Fsp3) is 0.593. The van der Waals surface area contributed by atoms with Crippen molar-refractivity contribution < 1.29 is 36.2 Å². The highest BCUT2D eigenvalue weighted by Gasteiger charge is 2.45. The van der Waals surface area contributed by atoms with Gasteiger partial charge in [0.2, 0.25) is 25.9 Å². The molecule has 232 valence electrons. The number of aliphatic hydroxyl groups excluding tert-OH is 1. The van der Waals surface area contributed by atoms with Crippen LogP contribution in [0.4, 0.5) is 5.69 Å². The molecule has 0 radical (unpaired) electrons. The molecule has 0 aliphatic carbocycles. The summed E-state index contributed by atoms with van der Waals surface area (Å²) in [5.74, 6) is 0.804. The maximum absolute atomic E-state index is 13.6. The van der Waals surface area contributed by atoms with Gasteiger partial charge >= 0.3 is 0 Å². The van der Waals surface area contributed by atoms with E-state index < -0.39 is 31.8 Å². The molecule has 2 atom stereocenters. The first-order chi connectivity index (χ1) is 19.9. The number of hydrogen-bond donors (Lipinski definition) is 3. The number of piperidine rings is 1. The van der Waals surface area contributed by atoms with Crippen LogP contribution in [-0.4, -0.2) is 109 Å². The van der Waals surface area contributed by atoms with Gasteiger partial charge in [0.25, 0.3) is 0 Å². The number of ether oxygens (including phenoxy) is 3. The van der Waals surface area contributed by atoms with Gasteiger partial charge in [-0.05, 0) is 50.9 Å². The average Bonchev–Trinajstić information content (AvgIpc) is 3.37. The fourth-order valence-corrected chi connectivity index (χ4v) is 8.13. The monoisotopic (exact) mass is 625 g/mol. The van der Waals surface area contributed by atoms with E-state index in [0.717, 1.165) is 0 Å². The Morgan fingerprint density at radius 1 is 1.21 bits per heavy atom. The number of aliphatic hydroxyl groups is 1. The zero-order chi connectivity index (χ0) is 30.1. The van der Waals surface area contributed by atoms with Crippen LogP contribution in [0.25, 0.3) is 0 Å². The van der Waals surface area contributed by atoms with Gasteiger partial charge in [-0.2, -0.15) is 4.31 Å². The Kier molecular flexibility index (Phi) is 9.00. The van der Waals surface area contributed by atoms with Crippen LogP contribution in [0, 0.1) is 6.92 Å². The Morgan fingerprint density at radius 3 is 2.71 bits per heavy atom. The highest BCUT2D eigenvalue weighted by atomic mass is 32.2. The highest BCUT2D eigenvalue weighted by Crippen LogP contribution is 2.40. The minimum Gasteiger partial charge on any atom is -0.491 e. The minimum absolute atomic E-state index is 0.00883.